The van der Waals surface area contributed by atoms with Gasteiger partial charge in [0.05, 0.1) is 0 Å². The van der Waals surface area contributed by atoms with Gasteiger partial charge in [0, 0.05) is 15.4 Å². The molecule has 1 aromatic rings. The van der Waals surface area contributed by atoms with E-state index in [2.05, 4.69) is 29.8 Å². The van der Waals surface area contributed by atoms with Crippen molar-refractivity contribution in [3.05, 3.63) is 28.2 Å². The average Bonchev–Trinajstić information content (AvgIpc) is 2.88. The molecule has 1 fully saturated rings. The lowest BCUT2D eigenvalue weighted by atomic mass is 9.79. The maximum atomic E-state index is 9.53. The molecular formula is C12H16BrNO. The van der Waals surface area contributed by atoms with Gasteiger partial charge in [0.25, 0.3) is 0 Å². The molecule has 15 heavy (non-hydrogen) atoms. The zero-order valence-corrected chi connectivity index (χ0v) is 10.6. The second kappa shape index (κ2) is 3.22. The standard InChI is InChI=1S/C12H16BrNO/c1-11(2,14)12(5-6-12)9-7-8(15)3-4-10(9)13/h3-4,7,15H,5-6,14H2,1-2H3. The molecule has 1 aliphatic rings. The van der Waals surface area contributed by atoms with Crippen LogP contribution in [0.1, 0.15) is 32.3 Å². The first kappa shape index (κ1) is 11.0. The van der Waals surface area contributed by atoms with Gasteiger partial charge in [-0.3, -0.25) is 0 Å². The van der Waals surface area contributed by atoms with Crippen LogP contribution in [0, 0.1) is 0 Å². The van der Waals surface area contributed by atoms with E-state index in [1.54, 1.807) is 6.07 Å². The van der Waals surface area contributed by atoms with E-state index >= 15 is 0 Å². The molecule has 2 rings (SSSR count). The van der Waals surface area contributed by atoms with Crippen LogP contribution in [0.15, 0.2) is 22.7 Å². The summed E-state index contributed by atoms with van der Waals surface area (Å²) in [6, 6.07) is 5.40. The molecule has 0 heterocycles. The Morgan fingerprint density at radius 3 is 2.47 bits per heavy atom. The van der Waals surface area contributed by atoms with Gasteiger partial charge in [0.15, 0.2) is 0 Å². The Kier molecular flexibility index (Phi) is 2.36. The monoisotopic (exact) mass is 269 g/mol. The van der Waals surface area contributed by atoms with Gasteiger partial charge in [-0.25, -0.2) is 0 Å². The first-order valence-corrected chi connectivity index (χ1v) is 5.94. The number of benzene rings is 1. The molecular weight excluding hydrogens is 254 g/mol. The van der Waals surface area contributed by atoms with Crippen LogP contribution < -0.4 is 5.73 Å². The van der Waals surface area contributed by atoms with E-state index in [-0.39, 0.29) is 11.0 Å². The number of hydrogen-bond donors (Lipinski definition) is 2. The van der Waals surface area contributed by atoms with Gasteiger partial charge < -0.3 is 10.8 Å². The Hall–Kier alpha value is -0.540. The molecule has 1 aromatic carbocycles. The van der Waals surface area contributed by atoms with Crippen LogP contribution >= 0.6 is 15.9 Å². The summed E-state index contributed by atoms with van der Waals surface area (Å²) >= 11 is 3.53. The van der Waals surface area contributed by atoms with Crippen LogP contribution in [-0.4, -0.2) is 10.6 Å². The predicted molar refractivity (Wildman–Crippen MR) is 65.0 cm³/mol. The molecule has 0 atom stereocenters. The maximum Gasteiger partial charge on any atom is 0.115 e. The maximum absolute atomic E-state index is 9.53. The number of rotatable bonds is 2. The molecule has 0 amide bonds. The molecule has 1 aliphatic carbocycles. The van der Waals surface area contributed by atoms with E-state index in [0.717, 1.165) is 22.9 Å². The highest BCUT2D eigenvalue weighted by atomic mass is 79.9. The third-order valence-electron chi connectivity index (χ3n) is 3.45. The minimum absolute atomic E-state index is 0.0323. The van der Waals surface area contributed by atoms with Crippen LogP contribution in [-0.2, 0) is 5.41 Å². The minimum Gasteiger partial charge on any atom is -0.508 e. The van der Waals surface area contributed by atoms with Crippen LogP contribution in [0.5, 0.6) is 5.75 Å². The van der Waals surface area contributed by atoms with Gasteiger partial charge in [-0.2, -0.15) is 0 Å². The number of phenolic OH excluding ortho intramolecular Hbond substituents is 1. The van der Waals surface area contributed by atoms with E-state index in [1.807, 2.05) is 12.1 Å². The Morgan fingerprint density at radius 1 is 1.40 bits per heavy atom. The van der Waals surface area contributed by atoms with Crippen molar-refractivity contribution in [3.8, 4) is 5.75 Å². The summed E-state index contributed by atoms with van der Waals surface area (Å²) in [5.41, 5.74) is 7.14. The molecule has 0 saturated heterocycles. The van der Waals surface area contributed by atoms with Crippen LogP contribution in [0.25, 0.3) is 0 Å². The van der Waals surface area contributed by atoms with Crippen molar-refractivity contribution >= 4 is 15.9 Å². The number of aromatic hydroxyl groups is 1. The number of hydrogen-bond acceptors (Lipinski definition) is 2. The van der Waals surface area contributed by atoms with Gasteiger partial charge in [0.1, 0.15) is 5.75 Å². The fraction of sp³-hybridized carbons (Fsp3) is 0.500. The lowest BCUT2D eigenvalue weighted by Crippen LogP contribution is -2.45. The highest BCUT2D eigenvalue weighted by Crippen LogP contribution is 2.56. The zero-order chi connectivity index (χ0) is 11.3. The Morgan fingerprint density at radius 2 is 2.00 bits per heavy atom. The lowest BCUT2D eigenvalue weighted by Gasteiger charge is -2.32. The molecule has 0 bridgehead atoms. The third kappa shape index (κ3) is 1.68. The second-order valence-electron chi connectivity index (χ2n) is 4.97. The Balaban J connectivity index is 2.50. The Labute approximate surface area is 98.6 Å². The molecule has 0 radical (unpaired) electrons. The zero-order valence-electron chi connectivity index (χ0n) is 9.05. The van der Waals surface area contributed by atoms with E-state index in [1.165, 1.54) is 0 Å². The highest BCUT2D eigenvalue weighted by Gasteiger charge is 2.54. The summed E-state index contributed by atoms with van der Waals surface area (Å²) in [4.78, 5) is 0. The van der Waals surface area contributed by atoms with E-state index in [0.29, 0.717) is 5.75 Å². The predicted octanol–water partition coefficient (Wildman–Crippen LogP) is 2.92. The van der Waals surface area contributed by atoms with Gasteiger partial charge >= 0.3 is 0 Å². The van der Waals surface area contributed by atoms with Crippen molar-refractivity contribution in [1.29, 1.82) is 0 Å². The summed E-state index contributed by atoms with van der Waals surface area (Å²) in [5, 5.41) is 9.53. The first-order chi connectivity index (χ1) is 6.87. The minimum atomic E-state index is -0.247. The van der Waals surface area contributed by atoms with Crippen LogP contribution in [0.2, 0.25) is 0 Å². The number of halogens is 1. The van der Waals surface area contributed by atoms with Gasteiger partial charge in [0.2, 0.25) is 0 Å². The van der Waals surface area contributed by atoms with Crippen molar-refractivity contribution < 1.29 is 5.11 Å². The summed E-state index contributed by atoms with van der Waals surface area (Å²) in [7, 11) is 0. The quantitative estimate of drug-likeness (QED) is 0.868. The number of phenols is 1. The molecule has 82 valence electrons. The molecule has 3 heteroatoms. The lowest BCUT2D eigenvalue weighted by molar-refractivity contribution is 0.388. The normalized spacial score (nSPS) is 18.9. The largest absolute Gasteiger partial charge is 0.508 e. The second-order valence-corrected chi connectivity index (χ2v) is 5.82. The Bertz CT molecular complexity index is 391. The SMILES string of the molecule is CC(C)(N)C1(c2cc(O)ccc2Br)CC1. The fourth-order valence-electron chi connectivity index (χ4n) is 2.27. The van der Waals surface area contributed by atoms with E-state index < -0.39 is 0 Å². The highest BCUT2D eigenvalue weighted by molar-refractivity contribution is 9.10. The van der Waals surface area contributed by atoms with Gasteiger partial charge in [-0.15, -0.1) is 0 Å². The third-order valence-corrected chi connectivity index (χ3v) is 4.14. The van der Waals surface area contributed by atoms with Crippen molar-refractivity contribution in [2.24, 2.45) is 5.73 Å². The van der Waals surface area contributed by atoms with Crippen LogP contribution in [0.4, 0.5) is 0 Å². The van der Waals surface area contributed by atoms with Crippen molar-refractivity contribution in [3.63, 3.8) is 0 Å². The molecule has 0 spiro atoms. The number of nitrogens with two attached hydrogens (primary N) is 1. The van der Waals surface area contributed by atoms with Gasteiger partial charge in [-0.05, 0) is 50.5 Å². The summed E-state index contributed by atoms with van der Waals surface area (Å²) in [6.45, 7) is 4.10. The molecule has 0 aliphatic heterocycles. The molecule has 0 aromatic heterocycles. The summed E-state index contributed by atoms with van der Waals surface area (Å²) < 4.78 is 1.04. The molecule has 1 saturated carbocycles. The van der Waals surface area contributed by atoms with Crippen molar-refractivity contribution in [1.82, 2.24) is 0 Å². The first-order valence-electron chi connectivity index (χ1n) is 5.15. The van der Waals surface area contributed by atoms with Crippen LogP contribution in [0.3, 0.4) is 0 Å². The topological polar surface area (TPSA) is 46.2 Å². The summed E-state index contributed by atoms with van der Waals surface area (Å²) in [6.07, 6.45) is 2.19. The fourth-order valence-corrected chi connectivity index (χ4v) is 2.89. The average molecular weight is 270 g/mol. The molecule has 2 nitrogen and oxygen atoms in total. The smallest absolute Gasteiger partial charge is 0.115 e. The van der Waals surface area contributed by atoms with Crippen molar-refractivity contribution in [2.45, 2.75) is 37.6 Å². The van der Waals surface area contributed by atoms with Crippen molar-refractivity contribution in [2.75, 3.05) is 0 Å². The van der Waals surface area contributed by atoms with E-state index in [4.69, 9.17) is 5.73 Å². The van der Waals surface area contributed by atoms with Gasteiger partial charge in [-0.1, -0.05) is 15.9 Å². The molecule has 0 unspecified atom stereocenters. The molecule has 3 N–H and O–H groups in total. The van der Waals surface area contributed by atoms with E-state index in [9.17, 15) is 5.11 Å². The summed E-state index contributed by atoms with van der Waals surface area (Å²) in [5.74, 6) is 0.309.